The van der Waals surface area contributed by atoms with Gasteiger partial charge in [0.2, 0.25) is 0 Å². The molecule has 1 aromatic carbocycles. The summed E-state index contributed by atoms with van der Waals surface area (Å²) in [6, 6.07) is 8.19. The van der Waals surface area contributed by atoms with Crippen LogP contribution in [-0.4, -0.2) is 56.9 Å². The Balaban J connectivity index is 1.76. The van der Waals surface area contributed by atoms with Crippen molar-refractivity contribution in [2.75, 3.05) is 40.0 Å². The third-order valence-corrected chi connectivity index (χ3v) is 4.77. The summed E-state index contributed by atoms with van der Waals surface area (Å²) in [5.41, 5.74) is 1.25. The topological polar surface area (TPSA) is 48.0 Å². The fraction of sp³-hybridized carbons (Fsp3) is 0.650. The quantitative estimate of drug-likeness (QED) is 0.643. The van der Waals surface area contributed by atoms with Gasteiger partial charge in [-0.3, -0.25) is 4.79 Å². The van der Waals surface area contributed by atoms with Crippen LogP contribution in [0.25, 0.3) is 0 Å². The molecule has 1 atom stereocenters. The maximum Gasteiger partial charge on any atom is 0.251 e. The molecule has 25 heavy (non-hydrogen) atoms. The van der Waals surface area contributed by atoms with Gasteiger partial charge >= 0.3 is 0 Å². The molecule has 0 bridgehead atoms. The van der Waals surface area contributed by atoms with Crippen LogP contribution in [0.2, 0.25) is 0 Å². The largest absolute Gasteiger partial charge is 0.496 e. The number of carbonyl (C=O) groups excluding carboxylic acids is 1. The minimum atomic E-state index is -0.397. The van der Waals surface area contributed by atoms with Gasteiger partial charge in [0.25, 0.3) is 5.91 Å². The Bertz CT molecular complexity index is 526. The highest BCUT2D eigenvalue weighted by Gasteiger charge is 2.26. The number of amides is 1. The van der Waals surface area contributed by atoms with Crippen molar-refractivity contribution in [3.05, 3.63) is 29.8 Å². The summed E-state index contributed by atoms with van der Waals surface area (Å²) in [6.45, 7) is 7.06. The summed E-state index contributed by atoms with van der Waals surface area (Å²) in [4.78, 5) is 14.4. The third-order valence-electron chi connectivity index (χ3n) is 4.77. The molecule has 5 heteroatoms. The van der Waals surface area contributed by atoms with Crippen molar-refractivity contribution in [2.24, 2.45) is 5.92 Å². The highest BCUT2D eigenvalue weighted by Crippen LogP contribution is 2.27. The second-order valence-electron chi connectivity index (χ2n) is 6.49. The Labute approximate surface area is 151 Å². The number of piperidine rings is 1. The number of likely N-dealkylation sites (tertiary alicyclic amines) is 1. The highest BCUT2D eigenvalue weighted by molar-refractivity contribution is 5.80. The van der Waals surface area contributed by atoms with Crippen LogP contribution in [-0.2, 0) is 20.7 Å². The van der Waals surface area contributed by atoms with Crippen LogP contribution in [0, 0.1) is 5.92 Å². The van der Waals surface area contributed by atoms with Gasteiger partial charge in [-0.05, 0) is 50.7 Å². The van der Waals surface area contributed by atoms with Gasteiger partial charge < -0.3 is 19.1 Å². The average Bonchev–Trinajstić information content (AvgIpc) is 2.65. The number of carbonyl (C=O) groups is 1. The van der Waals surface area contributed by atoms with Crippen molar-refractivity contribution in [1.29, 1.82) is 0 Å². The van der Waals surface area contributed by atoms with Crippen molar-refractivity contribution in [2.45, 2.75) is 39.2 Å². The Morgan fingerprint density at radius 3 is 2.64 bits per heavy atom. The minimum absolute atomic E-state index is 0.0900. The van der Waals surface area contributed by atoms with Crippen LogP contribution in [0.15, 0.2) is 24.3 Å². The molecule has 1 aliphatic rings. The molecule has 1 aromatic rings. The van der Waals surface area contributed by atoms with Gasteiger partial charge in [-0.2, -0.15) is 0 Å². The molecule has 0 unspecified atom stereocenters. The van der Waals surface area contributed by atoms with Gasteiger partial charge in [0, 0.05) is 19.7 Å². The number of para-hydroxylation sites is 1. The van der Waals surface area contributed by atoms with E-state index in [1.165, 1.54) is 5.56 Å². The molecule has 0 N–H and O–H groups in total. The summed E-state index contributed by atoms with van der Waals surface area (Å²) in [5.74, 6) is 1.64. The maximum absolute atomic E-state index is 12.5. The van der Waals surface area contributed by atoms with Crippen LogP contribution in [0.1, 0.15) is 32.3 Å². The molecule has 0 aromatic heterocycles. The molecule has 1 heterocycles. The predicted molar refractivity (Wildman–Crippen MR) is 97.9 cm³/mol. The number of rotatable bonds is 9. The zero-order chi connectivity index (χ0) is 18.1. The van der Waals surface area contributed by atoms with Gasteiger partial charge in [-0.15, -0.1) is 0 Å². The van der Waals surface area contributed by atoms with Crippen LogP contribution in [0.5, 0.6) is 5.75 Å². The smallest absolute Gasteiger partial charge is 0.251 e. The van der Waals surface area contributed by atoms with E-state index in [-0.39, 0.29) is 5.91 Å². The predicted octanol–water partition coefficient (Wildman–Crippen LogP) is 2.92. The Hall–Kier alpha value is -1.59. The molecular formula is C20H31NO4. The number of hydrogen-bond donors (Lipinski definition) is 0. The van der Waals surface area contributed by atoms with E-state index in [0.717, 1.165) is 38.1 Å². The fourth-order valence-corrected chi connectivity index (χ4v) is 3.30. The Morgan fingerprint density at radius 2 is 1.96 bits per heavy atom. The zero-order valence-corrected chi connectivity index (χ0v) is 15.7. The van der Waals surface area contributed by atoms with E-state index in [1.807, 2.05) is 30.9 Å². The third kappa shape index (κ3) is 6.01. The number of hydrogen-bond acceptors (Lipinski definition) is 4. The summed E-state index contributed by atoms with van der Waals surface area (Å²) >= 11 is 0. The van der Waals surface area contributed by atoms with Crippen molar-refractivity contribution in [1.82, 2.24) is 4.90 Å². The summed E-state index contributed by atoms with van der Waals surface area (Å²) in [7, 11) is 1.72. The lowest BCUT2D eigenvalue weighted by Crippen LogP contribution is -2.44. The molecule has 1 amide bonds. The van der Waals surface area contributed by atoms with E-state index in [2.05, 4.69) is 12.1 Å². The lowest BCUT2D eigenvalue weighted by molar-refractivity contribution is -0.144. The second-order valence-corrected chi connectivity index (χ2v) is 6.49. The molecular weight excluding hydrogens is 318 g/mol. The lowest BCUT2D eigenvalue weighted by Gasteiger charge is -2.33. The molecule has 0 radical (unpaired) electrons. The minimum Gasteiger partial charge on any atom is -0.496 e. The van der Waals surface area contributed by atoms with E-state index < -0.39 is 6.10 Å². The molecule has 1 saturated heterocycles. The van der Waals surface area contributed by atoms with Crippen LogP contribution in [0.3, 0.4) is 0 Å². The molecule has 2 rings (SSSR count). The second kappa shape index (κ2) is 10.4. The number of benzene rings is 1. The Kier molecular flexibility index (Phi) is 8.22. The maximum atomic E-state index is 12.5. The first-order valence-corrected chi connectivity index (χ1v) is 9.25. The van der Waals surface area contributed by atoms with Crippen molar-refractivity contribution >= 4 is 5.91 Å². The summed E-state index contributed by atoms with van der Waals surface area (Å²) in [5, 5.41) is 0. The van der Waals surface area contributed by atoms with Gasteiger partial charge in [-0.1, -0.05) is 18.2 Å². The van der Waals surface area contributed by atoms with E-state index in [0.29, 0.717) is 25.7 Å². The van der Waals surface area contributed by atoms with Gasteiger partial charge in [0.1, 0.15) is 11.9 Å². The zero-order valence-electron chi connectivity index (χ0n) is 15.7. The van der Waals surface area contributed by atoms with Crippen molar-refractivity contribution < 1.29 is 19.0 Å². The van der Waals surface area contributed by atoms with E-state index in [1.54, 1.807) is 7.11 Å². The van der Waals surface area contributed by atoms with Gasteiger partial charge in [0.05, 0.1) is 20.3 Å². The molecule has 0 spiro atoms. The lowest BCUT2D eigenvalue weighted by atomic mass is 9.89. The summed E-state index contributed by atoms with van der Waals surface area (Å²) < 4.78 is 16.3. The first kappa shape index (κ1) is 19.7. The first-order valence-electron chi connectivity index (χ1n) is 9.25. The van der Waals surface area contributed by atoms with E-state index in [4.69, 9.17) is 14.2 Å². The normalized spacial score (nSPS) is 16.7. The molecule has 5 nitrogen and oxygen atoms in total. The van der Waals surface area contributed by atoms with E-state index in [9.17, 15) is 4.79 Å². The molecule has 0 aliphatic carbocycles. The summed E-state index contributed by atoms with van der Waals surface area (Å²) in [6.07, 6.45) is 2.66. The molecule has 140 valence electrons. The molecule has 1 fully saturated rings. The van der Waals surface area contributed by atoms with Gasteiger partial charge in [-0.25, -0.2) is 0 Å². The number of nitrogens with zero attached hydrogens (tertiary/aromatic N) is 1. The standard InChI is InChI=1S/C20H31NO4/c1-4-24-13-14-25-16(2)20(22)21-11-9-17(10-12-21)15-18-7-5-6-8-19(18)23-3/h5-8,16-17H,4,9-15H2,1-3H3/t16-/m1/s1. The fourth-order valence-electron chi connectivity index (χ4n) is 3.30. The number of ether oxygens (including phenoxy) is 3. The average molecular weight is 349 g/mol. The van der Waals surface area contributed by atoms with Crippen molar-refractivity contribution in [3.63, 3.8) is 0 Å². The van der Waals surface area contributed by atoms with Gasteiger partial charge in [0.15, 0.2) is 0 Å². The SMILES string of the molecule is CCOCCO[C@H](C)C(=O)N1CCC(Cc2ccccc2OC)CC1. The van der Waals surface area contributed by atoms with Crippen LogP contribution < -0.4 is 4.74 Å². The molecule has 1 aliphatic heterocycles. The van der Waals surface area contributed by atoms with E-state index >= 15 is 0 Å². The van der Waals surface area contributed by atoms with Crippen LogP contribution in [0.4, 0.5) is 0 Å². The monoisotopic (exact) mass is 349 g/mol. The Morgan fingerprint density at radius 1 is 1.24 bits per heavy atom. The van der Waals surface area contributed by atoms with Crippen LogP contribution >= 0.6 is 0 Å². The first-order chi connectivity index (χ1) is 12.2. The molecule has 0 saturated carbocycles. The number of methoxy groups -OCH3 is 1. The van der Waals surface area contributed by atoms with Crippen molar-refractivity contribution in [3.8, 4) is 5.75 Å². The highest BCUT2D eigenvalue weighted by atomic mass is 16.5.